The number of carboxylic acid groups (broad SMARTS) is 1. The number of hydrogen-bond donors (Lipinski definition) is 0. The Kier molecular flexibility index (Phi) is 4.11. The van der Waals surface area contributed by atoms with E-state index in [0.29, 0.717) is 22.5 Å². The van der Waals surface area contributed by atoms with Gasteiger partial charge in [-0.1, -0.05) is 18.2 Å². The molecular formula is C18H10F4N2O2S. The Labute approximate surface area is 152 Å². The van der Waals surface area contributed by atoms with Gasteiger partial charge in [0.1, 0.15) is 0 Å². The molecule has 0 radical (unpaired) electrons. The van der Waals surface area contributed by atoms with E-state index in [4.69, 9.17) is 0 Å². The lowest BCUT2D eigenvalue weighted by Gasteiger charge is -2.04. The van der Waals surface area contributed by atoms with E-state index < -0.39 is 51.0 Å². The number of nitrogens with zero attached hydrogens (tertiary/aromatic N) is 2. The molecule has 2 heterocycles. The van der Waals surface area contributed by atoms with Gasteiger partial charge in [-0.15, -0.1) is 0 Å². The van der Waals surface area contributed by atoms with Crippen LogP contribution in [0.2, 0.25) is 0 Å². The molecule has 0 aliphatic heterocycles. The molecule has 2 aromatic heterocycles. The van der Waals surface area contributed by atoms with Crippen molar-refractivity contribution in [3.05, 3.63) is 64.6 Å². The molecule has 0 bridgehead atoms. The summed E-state index contributed by atoms with van der Waals surface area (Å²) in [6, 6.07) is 7.16. The van der Waals surface area contributed by atoms with Gasteiger partial charge in [0.2, 0.25) is 10.9 Å². The first-order valence-corrected chi connectivity index (χ1v) is 8.91. The quantitative estimate of drug-likeness (QED) is 0.303. The fourth-order valence-corrected chi connectivity index (χ4v) is 4.34. The minimum atomic E-state index is -2.33. The monoisotopic (exact) mass is 394 g/mol. The number of para-hydroxylation sites is 1. The molecule has 0 amide bonds. The minimum Gasteiger partial charge on any atom is -0.548 e. The smallest absolute Gasteiger partial charge is 0.291 e. The van der Waals surface area contributed by atoms with Crippen molar-refractivity contribution in [3.8, 4) is 0 Å². The number of hydrogen-bond acceptors (Lipinski definition) is 3. The molecule has 0 spiro atoms. The van der Waals surface area contributed by atoms with Gasteiger partial charge in [-0.25, -0.2) is 13.2 Å². The highest BCUT2D eigenvalue weighted by molar-refractivity contribution is 7.32. The second kappa shape index (κ2) is 6.34. The lowest BCUT2D eigenvalue weighted by Crippen LogP contribution is -2.27. The normalized spacial score (nSPS) is 12.2. The van der Waals surface area contributed by atoms with Crippen LogP contribution < -0.4 is 5.11 Å². The maximum absolute atomic E-state index is 14.7. The molecule has 2 aromatic carbocycles. The first-order chi connectivity index (χ1) is 12.9. The summed E-state index contributed by atoms with van der Waals surface area (Å²) < 4.78 is 56.7. The molecule has 0 saturated heterocycles. The van der Waals surface area contributed by atoms with Gasteiger partial charge in [0.25, 0.3) is 9.71 Å². The first kappa shape index (κ1) is 17.5. The highest BCUT2D eigenvalue weighted by Crippen LogP contribution is 2.40. The molecule has 138 valence electrons. The van der Waals surface area contributed by atoms with Crippen molar-refractivity contribution >= 4 is 37.9 Å². The van der Waals surface area contributed by atoms with Crippen LogP contribution in [0.25, 0.3) is 21.1 Å². The van der Waals surface area contributed by atoms with Crippen molar-refractivity contribution < 1.29 is 27.0 Å². The molecule has 0 aliphatic carbocycles. The Morgan fingerprint density at radius 1 is 1.19 bits per heavy atom. The van der Waals surface area contributed by atoms with Crippen LogP contribution in [0, 0.1) is 17.5 Å². The summed E-state index contributed by atoms with van der Waals surface area (Å²) >= 11 is 0. The molecule has 0 N–H and O–H groups in total. The van der Waals surface area contributed by atoms with Gasteiger partial charge in [-0.2, -0.15) is 4.98 Å². The van der Waals surface area contributed by atoms with Crippen molar-refractivity contribution in [1.82, 2.24) is 9.55 Å². The number of rotatable bonds is 4. The summed E-state index contributed by atoms with van der Waals surface area (Å²) in [7, 11) is -2.33. The summed E-state index contributed by atoms with van der Waals surface area (Å²) in [4.78, 5) is 14.7. The third-order valence-corrected chi connectivity index (χ3v) is 5.63. The fourth-order valence-electron chi connectivity index (χ4n) is 3.12. The topological polar surface area (TPSA) is 57.9 Å². The number of aromatic nitrogens is 2. The first-order valence-electron chi connectivity index (χ1n) is 7.79. The number of thiazole rings is 1. The van der Waals surface area contributed by atoms with Crippen molar-refractivity contribution in [1.29, 1.82) is 0 Å². The molecule has 0 saturated carbocycles. The zero-order valence-corrected chi connectivity index (χ0v) is 14.3. The van der Waals surface area contributed by atoms with Gasteiger partial charge in [0.05, 0.1) is 22.8 Å². The van der Waals surface area contributed by atoms with Crippen LogP contribution in [0.15, 0.2) is 36.5 Å². The fraction of sp³-hybridized carbons (Fsp3) is 0.111. The molecule has 1 atom stereocenters. The highest BCUT2D eigenvalue weighted by Gasteiger charge is 2.32. The Morgan fingerprint density at radius 3 is 2.67 bits per heavy atom. The summed E-state index contributed by atoms with van der Waals surface area (Å²) in [5.74, 6) is -5.31. The highest BCUT2D eigenvalue weighted by atomic mass is 32.2. The maximum Gasteiger partial charge on any atom is 0.291 e. The SMILES string of the molecule is O=C([O-])Cn1cc(Cc2nc3c(F)c(F)cc(F)c3[s+]2F)c2ccccc21. The van der Waals surface area contributed by atoms with E-state index in [1.54, 1.807) is 24.3 Å². The Morgan fingerprint density at radius 2 is 1.93 bits per heavy atom. The van der Waals surface area contributed by atoms with Gasteiger partial charge in [-0.05, 0) is 11.6 Å². The van der Waals surface area contributed by atoms with E-state index in [-0.39, 0.29) is 11.4 Å². The van der Waals surface area contributed by atoms with Gasteiger partial charge in [0.15, 0.2) is 23.0 Å². The second-order valence-electron chi connectivity index (χ2n) is 5.94. The van der Waals surface area contributed by atoms with Crippen LogP contribution >= 0.6 is 10.9 Å². The van der Waals surface area contributed by atoms with Gasteiger partial charge >= 0.3 is 0 Å². The molecule has 4 aromatic rings. The van der Waals surface area contributed by atoms with Gasteiger partial charge in [-0.3, -0.25) is 0 Å². The Balaban J connectivity index is 1.86. The third kappa shape index (κ3) is 2.84. The van der Waals surface area contributed by atoms with E-state index in [1.807, 2.05) is 0 Å². The zero-order chi connectivity index (χ0) is 19.3. The van der Waals surface area contributed by atoms with Crippen LogP contribution in [0.3, 0.4) is 0 Å². The van der Waals surface area contributed by atoms with Gasteiger partial charge in [0, 0.05) is 23.2 Å². The number of aliphatic carboxylic acids is 1. The maximum atomic E-state index is 14.7. The van der Waals surface area contributed by atoms with Crippen LogP contribution in [0.5, 0.6) is 0 Å². The predicted octanol–water partition coefficient (Wildman–Crippen LogP) is 3.43. The van der Waals surface area contributed by atoms with Crippen LogP contribution in [-0.4, -0.2) is 15.5 Å². The standard InChI is InChI=1S/C18H10F4N2O2S/c19-11-6-12(20)18-17(16(11)21)23-14(27(18)22)5-9-7-24(8-15(25)26)13-4-2-1-3-10(9)13/h1-4,6-7H,5,8H2. The van der Waals surface area contributed by atoms with E-state index in [2.05, 4.69) is 4.98 Å². The molecular weight excluding hydrogens is 384 g/mol. The summed E-state index contributed by atoms with van der Waals surface area (Å²) in [6.45, 7) is -0.400. The van der Waals surface area contributed by atoms with Crippen LogP contribution in [0.1, 0.15) is 10.6 Å². The van der Waals surface area contributed by atoms with Crippen molar-refractivity contribution in [2.75, 3.05) is 0 Å². The third-order valence-electron chi connectivity index (χ3n) is 4.24. The van der Waals surface area contributed by atoms with E-state index in [1.165, 1.54) is 10.8 Å². The minimum absolute atomic E-state index is 0.102. The number of carbonyl (C=O) groups is 1. The number of fused-ring (bicyclic) bond motifs is 2. The Bertz CT molecular complexity index is 1220. The molecule has 4 nitrogen and oxygen atoms in total. The van der Waals surface area contributed by atoms with Gasteiger partial charge < -0.3 is 14.5 Å². The lowest BCUT2D eigenvalue weighted by atomic mass is 10.1. The predicted molar refractivity (Wildman–Crippen MR) is 90.4 cm³/mol. The molecule has 4 rings (SSSR count). The largest absolute Gasteiger partial charge is 0.548 e. The molecule has 27 heavy (non-hydrogen) atoms. The number of carboxylic acids is 1. The van der Waals surface area contributed by atoms with E-state index >= 15 is 0 Å². The van der Waals surface area contributed by atoms with Crippen molar-refractivity contribution in [3.63, 3.8) is 0 Å². The lowest BCUT2D eigenvalue weighted by molar-refractivity contribution is -0.306. The molecule has 9 heteroatoms. The average Bonchev–Trinajstić information content (AvgIpc) is 3.12. The van der Waals surface area contributed by atoms with Crippen LogP contribution in [-0.2, 0) is 17.8 Å². The Hall–Kier alpha value is -2.94. The summed E-state index contributed by atoms with van der Waals surface area (Å²) in [5.41, 5.74) is 0.469. The number of carbonyl (C=O) groups excluding carboxylic acids is 1. The van der Waals surface area contributed by atoms with E-state index in [9.17, 15) is 27.0 Å². The summed E-state index contributed by atoms with van der Waals surface area (Å²) in [6.07, 6.45) is 1.41. The number of halogens is 4. The number of benzene rings is 2. The van der Waals surface area contributed by atoms with Crippen LogP contribution in [0.4, 0.5) is 17.1 Å². The molecule has 0 fully saturated rings. The average molecular weight is 394 g/mol. The summed E-state index contributed by atoms with van der Waals surface area (Å²) in [5, 5.41) is 11.4. The van der Waals surface area contributed by atoms with Crippen molar-refractivity contribution in [2.24, 2.45) is 0 Å². The second-order valence-corrected chi connectivity index (χ2v) is 7.33. The molecule has 0 aliphatic rings. The molecule has 1 unspecified atom stereocenters. The van der Waals surface area contributed by atoms with E-state index in [0.717, 1.165) is 0 Å². The zero-order valence-electron chi connectivity index (χ0n) is 13.5. The van der Waals surface area contributed by atoms with Crippen molar-refractivity contribution in [2.45, 2.75) is 13.0 Å².